The highest BCUT2D eigenvalue weighted by Crippen LogP contribution is 2.32. The Morgan fingerprint density at radius 3 is 2.50 bits per heavy atom. The summed E-state index contributed by atoms with van der Waals surface area (Å²) in [6, 6.07) is 14.6. The zero-order chi connectivity index (χ0) is 22.7. The van der Waals surface area contributed by atoms with Crippen LogP contribution in [0.15, 0.2) is 65.0 Å². The third kappa shape index (κ3) is 4.29. The summed E-state index contributed by atoms with van der Waals surface area (Å²) < 4.78 is 6.90. The Morgan fingerprint density at radius 1 is 1.12 bits per heavy atom. The lowest BCUT2D eigenvalue weighted by Gasteiger charge is -2.15. The molecule has 0 saturated heterocycles. The number of nitrogens with one attached hydrogen (secondary N) is 1. The van der Waals surface area contributed by atoms with Gasteiger partial charge in [-0.2, -0.15) is 0 Å². The Labute approximate surface area is 190 Å². The van der Waals surface area contributed by atoms with Gasteiger partial charge in [-0.3, -0.25) is 14.2 Å². The molecule has 0 saturated carbocycles. The smallest absolute Gasteiger partial charge is 0.263 e. The first kappa shape index (κ1) is 21.8. The Morgan fingerprint density at radius 2 is 1.84 bits per heavy atom. The summed E-state index contributed by atoms with van der Waals surface area (Å²) in [4.78, 5) is 31.3. The lowest BCUT2D eigenvalue weighted by molar-refractivity contribution is -0.118. The van der Waals surface area contributed by atoms with Gasteiger partial charge >= 0.3 is 0 Å². The molecule has 0 spiro atoms. The van der Waals surface area contributed by atoms with Gasteiger partial charge in [-0.25, -0.2) is 4.98 Å². The quantitative estimate of drug-likeness (QED) is 0.418. The van der Waals surface area contributed by atoms with Gasteiger partial charge < -0.3 is 10.1 Å². The highest BCUT2D eigenvalue weighted by Gasteiger charge is 2.20. The third-order valence-corrected chi connectivity index (χ3v) is 6.31. The van der Waals surface area contributed by atoms with E-state index in [-0.39, 0.29) is 11.5 Å². The number of benzene rings is 2. The van der Waals surface area contributed by atoms with E-state index in [4.69, 9.17) is 4.74 Å². The fourth-order valence-electron chi connectivity index (χ4n) is 3.53. The normalized spacial score (nSPS) is 12.0. The Bertz CT molecular complexity index is 1290. The number of fused-ring (bicyclic) bond motifs is 1. The van der Waals surface area contributed by atoms with Gasteiger partial charge in [-0.15, -0.1) is 11.3 Å². The summed E-state index contributed by atoms with van der Waals surface area (Å²) in [6.45, 7) is 6.31. The van der Waals surface area contributed by atoms with Crippen LogP contribution in [0.5, 0.6) is 5.75 Å². The van der Waals surface area contributed by atoms with Crippen molar-refractivity contribution in [3.05, 3.63) is 76.2 Å². The monoisotopic (exact) mass is 447 g/mol. The van der Waals surface area contributed by atoms with Crippen molar-refractivity contribution in [3.8, 4) is 16.9 Å². The highest BCUT2D eigenvalue weighted by molar-refractivity contribution is 7.17. The summed E-state index contributed by atoms with van der Waals surface area (Å²) in [7, 11) is 0. The zero-order valence-electron chi connectivity index (χ0n) is 18.3. The van der Waals surface area contributed by atoms with E-state index in [1.807, 2.05) is 60.8 Å². The molecule has 1 amide bonds. The molecule has 0 bridgehead atoms. The summed E-state index contributed by atoms with van der Waals surface area (Å²) >= 11 is 1.42. The van der Waals surface area contributed by atoms with Crippen molar-refractivity contribution in [2.75, 3.05) is 11.9 Å². The number of rotatable bonds is 7. The molecule has 2 aromatic carbocycles. The van der Waals surface area contributed by atoms with E-state index < -0.39 is 6.04 Å². The van der Waals surface area contributed by atoms with Crippen LogP contribution in [0.3, 0.4) is 0 Å². The van der Waals surface area contributed by atoms with Crippen LogP contribution in [0.4, 0.5) is 5.69 Å². The topological polar surface area (TPSA) is 73.2 Å². The van der Waals surface area contributed by atoms with Crippen LogP contribution in [0.2, 0.25) is 0 Å². The van der Waals surface area contributed by atoms with Crippen molar-refractivity contribution in [2.45, 2.75) is 33.2 Å². The fraction of sp³-hybridized carbons (Fsp3) is 0.240. The summed E-state index contributed by atoms with van der Waals surface area (Å²) in [5.41, 5.74) is 3.38. The number of aromatic nitrogens is 2. The number of hydrogen-bond acceptors (Lipinski definition) is 5. The predicted octanol–water partition coefficient (Wildman–Crippen LogP) is 5.29. The largest absolute Gasteiger partial charge is 0.494 e. The maximum Gasteiger partial charge on any atom is 0.263 e. The molecule has 6 nitrogen and oxygen atoms in total. The molecule has 7 heteroatoms. The van der Waals surface area contributed by atoms with Crippen molar-refractivity contribution in [1.29, 1.82) is 0 Å². The van der Waals surface area contributed by atoms with Crippen LogP contribution in [0.25, 0.3) is 21.3 Å². The number of ether oxygens (including phenoxy) is 1. The second-order valence-electron chi connectivity index (χ2n) is 7.46. The number of aryl methyl sites for hydroxylation is 1. The highest BCUT2D eigenvalue weighted by atomic mass is 32.1. The van der Waals surface area contributed by atoms with Crippen molar-refractivity contribution in [2.24, 2.45) is 0 Å². The molecular formula is C25H25N3O3S. The first-order valence-corrected chi connectivity index (χ1v) is 11.5. The standard InChI is InChI=1S/C25H25N3O3S/c1-4-17-6-10-19(11-7-17)27-23(29)16(3)28-15-26-24-22(25(28)30)21(14-32-24)18-8-12-20(13-9-18)31-5-2/h6-16H,4-5H2,1-3H3,(H,27,29). The average Bonchev–Trinajstić information content (AvgIpc) is 3.25. The zero-order valence-corrected chi connectivity index (χ0v) is 19.1. The Kier molecular flexibility index (Phi) is 6.37. The first-order chi connectivity index (χ1) is 15.5. The van der Waals surface area contributed by atoms with Gasteiger partial charge in [0.25, 0.3) is 5.56 Å². The molecule has 1 unspecified atom stereocenters. The molecule has 1 N–H and O–H groups in total. The maximum atomic E-state index is 13.4. The summed E-state index contributed by atoms with van der Waals surface area (Å²) in [5, 5.41) is 5.34. The van der Waals surface area contributed by atoms with Gasteiger partial charge in [-0.05, 0) is 55.7 Å². The second kappa shape index (κ2) is 9.36. The number of anilines is 1. The molecule has 0 fully saturated rings. The fourth-order valence-corrected chi connectivity index (χ4v) is 4.43. The minimum atomic E-state index is -0.710. The van der Waals surface area contributed by atoms with Crippen molar-refractivity contribution in [1.82, 2.24) is 9.55 Å². The number of hydrogen-bond donors (Lipinski definition) is 1. The summed E-state index contributed by atoms with van der Waals surface area (Å²) in [5.74, 6) is 0.513. The number of carbonyl (C=O) groups is 1. The maximum absolute atomic E-state index is 13.4. The van der Waals surface area contributed by atoms with Crippen LogP contribution in [-0.2, 0) is 11.2 Å². The number of thiophene rings is 1. The third-order valence-electron chi connectivity index (χ3n) is 5.42. The minimum absolute atomic E-state index is 0.232. The van der Waals surface area contributed by atoms with Crippen LogP contribution in [0, 0.1) is 0 Å². The molecule has 32 heavy (non-hydrogen) atoms. The summed E-state index contributed by atoms with van der Waals surface area (Å²) in [6.07, 6.45) is 2.39. The van der Waals surface area contributed by atoms with Gasteiger partial charge in [0.05, 0.1) is 18.3 Å². The Hall–Kier alpha value is -3.45. The lowest BCUT2D eigenvalue weighted by atomic mass is 10.1. The SMILES string of the molecule is CCOc1ccc(-c2csc3ncn(C(C)C(=O)Nc4ccc(CC)cc4)c(=O)c23)cc1. The molecule has 0 aliphatic rings. The van der Waals surface area contributed by atoms with Gasteiger partial charge in [0, 0.05) is 16.6 Å². The first-order valence-electron chi connectivity index (χ1n) is 10.6. The molecule has 4 rings (SSSR count). The van der Waals surface area contributed by atoms with Gasteiger partial charge in [0.15, 0.2) is 0 Å². The minimum Gasteiger partial charge on any atom is -0.494 e. The van der Waals surface area contributed by atoms with Crippen molar-refractivity contribution >= 4 is 33.1 Å². The van der Waals surface area contributed by atoms with E-state index in [1.165, 1.54) is 27.8 Å². The van der Waals surface area contributed by atoms with Crippen LogP contribution in [-0.4, -0.2) is 22.1 Å². The van der Waals surface area contributed by atoms with Crippen LogP contribution >= 0.6 is 11.3 Å². The number of nitrogens with zero attached hydrogens (tertiary/aromatic N) is 2. The van der Waals surface area contributed by atoms with Crippen molar-refractivity contribution < 1.29 is 9.53 Å². The average molecular weight is 448 g/mol. The second-order valence-corrected chi connectivity index (χ2v) is 8.32. The molecule has 2 heterocycles. The van der Waals surface area contributed by atoms with Crippen LogP contribution < -0.4 is 15.6 Å². The number of carbonyl (C=O) groups excluding carboxylic acids is 1. The molecule has 4 aromatic rings. The molecule has 0 aliphatic heterocycles. The van der Waals surface area contributed by atoms with E-state index in [0.29, 0.717) is 22.5 Å². The molecule has 164 valence electrons. The van der Waals surface area contributed by atoms with E-state index in [2.05, 4.69) is 17.2 Å². The Balaban J connectivity index is 1.64. The van der Waals surface area contributed by atoms with Gasteiger partial charge in [0.1, 0.15) is 16.6 Å². The number of amides is 1. The lowest BCUT2D eigenvalue weighted by Crippen LogP contribution is -2.31. The predicted molar refractivity (Wildman–Crippen MR) is 130 cm³/mol. The van der Waals surface area contributed by atoms with Crippen molar-refractivity contribution in [3.63, 3.8) is 0 Å². The van der Waals surface area contributed by atoms with Gasteiger partial charge in [0.2, 0.25) is 5.91 Å². The van der Waals surface area contributed by atoms with E-state index in [9.17, 15) is 9.59 Å². The molecular weight excluding hydrogens is 422 g/mol. The van der Waals surface area contributed by atoms with Crippen LogP contribution in [0.1, 0.15) is 32.4 Å². The van der Waals surface area contributed by atoms with E-state index in [1.54, 1.807) is 6.92 Å². The van der Waals surface area contributed by atoms with Gasteiger partial charge in [-0.1, -0.05) is 31.2 Å². The molecule has 0 radical (unpaired) electrons. The molecule has 0 aliphatic carbocycles. The van der Waals surface area contributed by atoms with E-state index >= 15 is 0 Å². The molecule has 1 atom stereocenters. The molecule has 2 aromatic heterocycles. The van der Waals surface area contributed by atoms with E-state index in [0.717, 1.165) is 23.3 Å².